The van der Waals surface area contributed by atoms with Crippen LogP contribution in [0.2, 0.25) is 0 Å². The van der Waals surface area contributed by atoms with E-state index in [1.807, 2.05) is 11.8 Å². The number of aliphatic hydroxyl groups excluding tert-OH is 1. The minimum atomic E-state index is 0.119. The highest BCUT2D eigenvalue weighted by molar-refractivity contribution is 7.99. The molecule has 2 aliphatic heterocycles. The fraction of sp³-hybridized carbons (Fsp3) is 1.00. The van der Waals surface area contributed by atoms with Gasteiger partial charge in [0.25, 0.3) is 0 Å². The number of rotatable bonds is 6. The molecule has 2 unspecified atom stereocenters. The predicted octanol–water partition coefficient (Wildman–Crippen LogP) is 0.982. The fourth-order valence-corrected chi connectivity index (χ4v) is 4.37. The standard InChI is InChI=1S/C13H25NO3S/c1-16-8-5-14(4-6-15)12-2-7-17-13(10-12)3-9-18-11-13/h12,15H,2-11H2,1H3. The van der Waals surface area contributed by atoms with Gasteiger partial charge in [-0.3, -0.25) is 4.90 Å². The third-order valence-corrected chi connectivity index (χ3v) is 5.24. The summed E-state index contributed by atoms with van der Waals surface area (Å²) in [5, 5.41) is 9.21. The Hall–Kier alpha value is 0.190. The summed E-state index contributed by atoms with van der Waals surface area (Å²) >= 11 is 2.01. The summed E-state index contributed by atoms with van der Waals surface area (Å²) in [5.74, 6) is 2.37. The molecule has 2 rings (SSSR count). The summed E-state index contributed by atoms with van der Waals surface area (Å²) in [6, 6.07) is 0.541. The van der Waals surface area contributed by atoms with Crippen molar-refractivity contribution in [3.63, 3.8) is 0 Å². The second-order valence-corrected chi connectivity index (χ2v) is 6.34. The molecule has 0 amide bonds. The Morgan fingerprint density at radius 3 is 3.06 bits per heavy atom. The molecule has 0 aromatic carbocycles. The molecule has 2 fully saturated rings. The van der Waals surface area contributed by atoms with E-state index in [2.05, 4.69) is 4.90 Å². The third kappa shape index (κ3) is 3.61. The second-order valence-electron chi connectivity index (χ2n) is 5.23. The van der Waals surface area contributed by atoms with Crippen LogP contribution in [0.3, 0.4) is 0 Å². The van der Waals surface area contributed by atoms with E-state index in [9.17, 15) is 5.11 Å². The number of nitrogens with zero attached hydrogens (tertiary/aromatic N) is 1. The molecule has 0 aromatic heterocycles. The van der Waals surface area contributed by atoms with Gasteiger partial charge in [0.1, 0.15) is 0 Å². The lowest BCUT2D eigenvalue weighted by molar-refractivity contribution is -0.0924. The maximum atomic E-state index is 9.21. The van der Waals surface area contributed by atoms with Crippen molar-refractivity contribution < 1.29 is 14.6 Å². The molecular weight excluding hydrogens is 250 g/mol. The molecular formula is C13H25NO3S. The minimum Gasteiger partial charge on any atom is -0.395 e. The van der Waals surface area contributed by atoms with Gasteiger partial charge in [-0.05, 0) is 25.0 Å². The molecule has 2 atom stereocenters. The van der Waals surface area contributed by atoms with Crippen molar-refractivity contribution in [2.45, 2.75) is 30.9 Å². The van der Waals surface area contributed by atoms with Gasteiger partial charge in [-0.2, -0.15) is 11.8 Å². The average molecular weight is 275 g/mol. The summed E-state index contributed by atoms with van der Waals surface area (Å²) in [5.41, 5.74) is 0.119. The molecule has 106 valence electrons. The smallest absolute Gasteiger partial charge is 0.0795 e. The van der Waals surface area contributed by atoms with E-state index in [1.165, 1.54) is 12.2 Å². The second kappa shape index (κ2) is 7.10. The normalized spacial score (nSPS) is 32.5. The first-order valence-corrected chi connectivity index (χ1v) is 8.01. The molecule has 2 aliphatic rings. The van der Waals surface area contributed by atoms with E-state index >= 15 is 0 Å². The maximum absolute atomic E-state index is 9.21. The monoisotopic (exact) mass is 275 g/mol. The quantitative estimate of drug-likeness (QED) is 0.783. The first-order valence-electron chi connectivity index (χ1n) is 6.85. The molecule has 18 heavy (non-hydrogen) atoms. The van der Waals surface area contributed by atoms with Crippen LogP contribution in [0.1, 0.15) is 19.3 Å². The van der Waals surface area contributed by atoms with E-state index in [1.54, 1.807) is 7.11 Å². The third-order valence-electron chi connectivity index (χ3n) is 4.02. The van der Waals surface area contributed by atoms with Gasteiger partial charge in [-0.25, -0.2) is 0 Å². The van der Waals surface area contributed by atoms with Gasteiger partial charge in [-0.1, -0.05) is 0 Å². The lowest BCUT2D eigenvalue weighted by atomic mass is 9.89. The van der Waals surface area contributed by atoms with Crippen molar-refractivity contribution >= 4 is 11.8 Å². The number of ether oxygens (including phenoxy) is 2. The van der Waals surface area contributed by atoms with Crippen LogP contribution in [0.5, 0.6) is 0 Å². The number of hydrogen-bond acceptors (Lipinski definition) is 5. The topological polar surface area (TPSA) is 41.9 Å². The highest BCUT2D eigenvalue weighted by Crippen LogP contribution is 2.39. The van der Waals surface area contributed by atoms with Gasteiger partial charge in [0.05, 0.1) is 18.8 Å². The molecule has 2 saturated heterocycles. The van der Waals surface area contributed by atoms with Crippen molar-refractivity contribution in [2.75, 3.05) is 51.5 Å². The number of aliphatic hydroxyl groups is 1. The van der Waals surface area contributed by atoms with Gasteiger partial charge in [-0.15, -0.1) is 0 Å². The molecule has 0 aliphatic carbocycles. The largest absolute Gasteiger partial charge is 0.395 e. The van der Waals surface area contributed by atoms with Crippen molar-refractivity contribution in [3.8, 4) is 0 Å². The SMILES string of the molecule is COCCN(CCO)C1CCOC2(CCSC2)C1. The maximum Gasteiger partial charge on any atom is 0.0795 e. The zero-order chi connectivity index (χ0) is 12.8. The predicted molar refractivity (Wildman–Crippen MR) is 74.2 cm³/mol. The Kier molecular flexibility index (Phi) is 5.76. The summed E-state index contributed by atoms with van der Waals surface area (Å²) < 4.78 is 11.2. The molecule has 2 heterocycles. The first-order chi connectivity index (χ1) is 8.79. The van der Waals surface area contributed by atoms with Crippen molar-refractivity contribution in [1.82, 2.24) is 4.90 Å². The van der Waals surface area contributed by atoms with Crippen LogP contribution < -0.4 is 0 Å². The van der Waals surface area contributed by atoms with Gasteiger partial charge in [0.15, 0.2) is 0 Å². The van der Waals surface area contributed by atoms with E-state index in [0.717, 1.165) is 44.9 Å². The number of thioether (sulfide) groups is 1. The van der Waals surface area contributed by atoms with Gasteiger partial charge >= 0.3 is 0 Å². The zero-order valence-corrected chi connectivity index (χ0v) is 12.1. The van der Waals surface area contributed by atoms with Crippen LogP contribution in [-0.2, 0) is 9.47 Å². The van der Waals surface area contributed by atoms with Crippen LogP contribution in [0.4, 0.5) is 0 Å². The van der Waals surface area contributed by atoms with Crippen molar-refractivity contribution in [3.05, 3.63) is 0 Å². The van der Waals surface area contributed by atoms with Gasteiger partial charge in [0.2, 0.25) is 0 Å². The van der Waals surface area contributed by atoms with E-state index in [0.29, 0.717) is 6.04 Å². The van der Waals surface area contributed by atoms with Crippen LogP contribution in [0.15, 0.2) is 0 Å². The van der Waals surface area contributed by atoms with Crippen LogP contribution >= 0.6 is 11.8 Å². The van der Waals surface area contributed by atoms with Crippen LogP contribution in [-0.4, -0.2) is 73.2 Å². The van der Waals surface area contributed by atoms with Crippen molar-refractivity contribution in [1.29, 1.82) is 0 Å². The highest BCUT2D eigenvalue weighted by Gasteiger charge is 2.41. The highest BCUT2D eigenvalue weighted by atomic mass is 32.2. The summed E-state index contributed by atoms with van der Waals surface area (Å²) in [4.78, 5) is 2.37. The Labute approximate surface area is 114 Å². The molecule has 1 spiro atoms. The van der Waals surface area contributed by atoms with E-state index in [-0.39, 0.29) is 12.2 Å². The summed E-state index contributed by atoms with van der Waals surface area (Å²) in [7, 11) is 1.73. The van der Waals surface area contributed by atoms with Crippen LogP contribution in [0, 0.1) is 0 Å². The fourth-order valence-electron chi connectivity index (χ4n) is 2.99. The van der Waals surface area contributed by atoms with Gasteiger partial charge in [0, 0.05) is 38.6 Å². The zero-order valence-electron chi connectivity index (χ0n) is 11.3. The lowest BCUT2D eigenvalue weighted by Gasteiger charge is -2.42. The number of methoxy groups -OCH3 is 1. The van der Waals surface area contributed by atoms with Gasteiger partial charge < -0.3 is 14.6 Å². The molecule has 0 bridgehead atoms. The summed E-state index contributed by atoms with van der Waals surface area (Å²) in [6.07, 6.45) is 3.38. The first kappa shape index (κ1) is 14.6. The Balaban J connectivity index is 1.91. The Bertz CT molecular complexity index is 246. The van der Waals surface area contributed by atoms with E-state index < -0.39 is 0 Å². The molecule has 4 nitrogen and oxygen atoms in total. The van der Waals surface area contributed by atoms with Crippen LogP contribution in [0.25, 0.3) is 0 Å². The molecule has 0 radical (unpaired) electrons. The molecule has 5 heteroatoms. The van der Waals surface area contributed by atoms with E-state index in [4.69, 9.17) is 9.47 Å². The summed E-state index contributed by atoms with van der Waals surface area (Å²) in [6.45, 7) is 3.48. The minimum absolute atomic E-state index is 0.119. The molecule has 0 aromatic rings. The number of hydrogen-bond donors (Lipinski definition) is 1. The lowest BCUT2D eigenvalue weighted by Crippen LogP contribution is -2.50. The molecule has 0 saturated carbocycles. The molecule has 1 N–H and O–H groups in total. The van der Waals surface area contributed by atoms with Crippen molar-refractivity contribution in [2.24, 2.45) is 0 Å². The average Bonchev–Trinajstić information content (AvgIpc) is 2.82. The Morgan fingerprint density at radius 1 is 1.50 bits per heavy atom. The Morgan fingerprint density at radius 2 is 2.39 bits per heavy atom.